The van der Waals surface area contributed by atoms with E-state index in [0.717, 1.165) is 11.1 Å². The number of aliphatic hydroxyl groups excluding tert-OH is 1. The Labute approximate surface area is 476 Å². The van der Waals surface area contributed by atoms with E-state index in [0.29, 0.717) is 89.5 Å². The molecular weight excluding hydrogens is 1020 g/mol. The predicted molar refractivity (Wildman–Crippen MR) is 305 cm³/mol. The molecule has 17 nitrogen and oxygen atoms in total. The zero-order valence-corrected chi connectivity index (χ0v) is 49.6. The van der Waals surface area contributed by atoms with Crippen LogP contribution < -0.4 is 5.32 Å². The number of nitrogens with one attached hydrogen (secondary N) is 1. The van der Waals surface area contributed by atoms with Crippen LogP contribution in [0.1, 0.15) is 131 Å². The van der Waals surface area contributed by atoms with Gasteiger partial charge in [-0.15, -0.1) is 0 Å². The molecule has 2 amide bonds. The summed E-state index contributed by atoms with van der Waals surface area (Å²) < 4.78 is 36.6. The smallest absolute Gasteiger partial charge is 0.407 e. The maximum Gasteiger partial charge on any atom is 0.407 e. The molecule has 446 valence electrons. The number of nitrogens with zero attached hydrogens (tertiary/aromatic N) is 2. The van der Waals surface area contributed by atoms with Gasteiger partial charge in [0.25, 0.3) is 11.7 Å². The number of likely N-dealkylation sites (N-methyl/N-ethyl adjacent to an activating group) is 1. The number of methoxy groups -OCH3 is 2. The summed E-state index contributed by atoms with van der Waals surface area (Å²) in [5.41, 5.74) is 2.36. The number of carbonyl (C=O) groups is 6. The highest BCUT2D eigenvalue weighted by Crippen LogP contribution is 2.38. The maximum absolute atomic E-state index is 14.7. The average Bonchev–Trinajstić information content (AvgIpc) is 3.43. The van der Waals surface area contributed by atoms with Crippen LogP contribution in [0.2, 0.25) is 0 Å². The van der Waals surface area contributed by atoms with Crippen molar-refractivity contribution in [1.29, 1.82) is 0 Å². The summed E-state index contributed by atoms with van der Waals surface area (Å²) in [5, 5.41) is 26.7. The van der Waals surface area contributed by atoms with Crippen molar-refractivity contribution < 1.29 is 67.4 Å². The molecule has 4 aliphatic rings. The molecule has 15 atom stereocenters. The fourth-order valence-corrected chi connectivity index (χ4v) is 11.7. The number of rotatable bonds is 13. The van der Waals surface area contributed by atoms with Crippen molar-refractivity contribution in [3.05, 3.63) is 83.5 Å². The van der Waals surface area contributed by atoms with Crippen LogP contribution in [-0.4, -0.2) is 164 Å². The minimum Gasteiger partial charge on any atom is -0.460 e. The van der Waals surface area contributed by atoms with Crippen LogP contribution in [-0.2, 0) is 58.8 Å². The summed E-state index contributed by atoms with van der Waals surface area (Å²) in [6.07, 6.45) is 10.9. The van der Waals surface area contributed by atoms with Crippen LogP contribution in [0.5, 0.6) is 0 Å². The first-order valence-electron chi connectivity index (χ1n) is 29.3. The standard InChI is InChI=1S/C63H95N3O14/c1-40-20-14-12-15-21-41(2)53(77-33-29-47-22-16-13-17-23-47)38-49-27-25-46(7)63(74,80-49)59(70)60(71)66-31-19-18-24-50(66)61(72)78-54(39-51(67)42(3)35-45(6)57(69)58(76-11)56(68)44(5)34-40)43(4)36-48-26-28-52(55(37-48)75-10)79-62(73)64-30-32-65(8)9/h12-17,20-23,35,40,42-44,46,48-50,52-55,57-58,69,74H,18-19,24-34,36-39H2,1-11H3,(H,64,73)/b15-12+,20-14+,41-21+,45-35+/t40-,42-,43-,44-,46-,48+,49+,50?,52-,53?,54+,55-,57-,58+,63-/m1/s1. The molecule has 2 saturated heterocycles. The Hall–Kier alpha value is -4.88. The SMILES string of the molecule is CO[C@@H]1C[C@H](C[C@@H](C)[C@@H]2CC(=O)[C@H](C)/C=C(\C)[C@@H](O)[C@@H](OC)C(=O)[C@H](C)C[C@H](C)/C=C/C=C/C=C(\C)C(OCCc3ccccc3)C[C@@H]3CC[C@@H](C)[C@@](O)(O3)C(=O)C(=O)N3CCCCC3C(=O)O2)CC[C@H]1OC(=O)NCCN(C)C. The fraction of sp³-hybridized carbons (Fsp3) is 0.683. The van der Waals surface area contributed by atoms with Crippen molar-refractivity contribution in [1.82, 2.24) is 15.1 Å². The molecule has 17 heteroatoms. The third-order valence-corrected chi connectivity index (χ3v) is 16.8. The molecule has 2 unspecified atom stereocenters. The van der Waals surface area contributed by atoms with Gasteiger partial charge in [-0.1, -0.05) is 101 Å². The molecule has 80 heavy (non-hydrogen) atoms. The van der Waals surface area contributed by atoms with Gasteiger partial charge in [0.15, 0.2) is 5.78 Å². The molecule has 5 rings (SSSR count). The van der Waals surface area contributed by atoms with Gasteiger partial charge in [0.1, 0.15) is 36.2 Å². The Morgan fingerprint density at radius 2 is 1.62 bits per heavy atom. The van der Waals surface area contributed by atoms with Gasteiger partial charge in [-0.05, 0) is 133 Å². The molecule has 0 aromatic heterocycles. The number of aliphatic hydroxyl groups is 2. The molecule has 3 N–H and O–H groups in total. The third kappa shape index (κ3) is 19.1. The number of Topliss-reactive ketones (excluding diaryl/α,β-unsaturated/α-hetero) is 3. The van der Waals surface area contributed by atoms with Gasteiger partial charge in [0, 0.05) is 64.4 Å². The number of ether oxygens (including phenoxy) is 6. The second kappa shape index (κ2) is 32.1. The van der Waals surface area contributed by atoms with Crippen LogP contribution in [0.15, 0.2) is 77.9 Å². The second-order valence-corrected chi connectivity index (χ2v) is 23.6. The third-order valence-electron chi connectivity index (χ3n) is 16.8. The van der Waals surface area contributed by atoms with E-state index in [4.69, 9.17) is 28.4 Å². The van der Waals surface area contributed by atoms with Crippen molar-refractivity contribution in [3.63, 3.8) is 0 Å². The maximum atomic E-state index is 14.7. The summed E-state index contributed by atoms with van der Waals surface area (Å²) in [7, 11) is 6.79. The number of benzene rings is 1. The Bertz CT molecular complexity index is 2320. The lowest BCUT2D eigenvalue weighted by Crippen LogP contribution is -2.61. The second-order valence-electron chi connectivity index (χ2n) is 23.6. The topological polar surface area (TPSA) is 217 Å². The first-order valence-corrected chi connectivity index (χ1v) is 29.3. The Kier molecular flexibility index (Phi) is 26.4. The van der Waals surface area contributed by atoms with Gasteiger partial charge >= 0.3 is 12.1 Å². The number of piperidine rings is 1. The molecule has 0 radical (unpaired) electrons. The first kappa shape index (κ1) is 65.9. The molecule has 3 fully saturated rings. The van der Waals surface area contributed by atoms with E-state index in [9.17, 15) is 39.0 Å². The average molecular weight is 1120 g/mol. The van der Waals surface area contributed by atoms with E-state index in [1.54, 1.807) is 34.0 Å². The monoisotopic (exact) mass is 1120 g/mol. The Morgan fingerprint density at radius 3 is 2.33 bits per heavy atom. The van der Waals surface area contributed by atoms with E-state index in [1.165, 1.54) is 12.0 Å². The summed E-state index contributed by atoms with van der Waals surface area (Å²) in [6, 6.07) is 8.79. The van der Waals surface area contributed by atoms with E-state index in [1.807, 2.05) is 107 Å². The number of alkyl carbamates (subject to hydrolysis) is 1. The van der Waals surface area contributed by atoms with Crippen LogP contribution in [0, 0.1) is 35.5 Å². The molecule has 0 spiro atoms. The highest BCUT2D eigenvalue weighted by molar-refractivity contribution is 6.39. The molecule has 1 aromatic rings. The number of fused-ring (bicyclic) bond motifs is 3. The Morgan fingerprint density at radius 1 is 0.887 bits per heavy atom. The summed E-state index contributed by atoms with van der Waals surface area (Å²) in [5.74, 6) is -8.38. The number of carbonyl (C=O) groups excluding carboxylic acids is 6. The van der Waals surface area contributed by atoms with Crippen molar-refractivity contribution in [2.45, 2.75) is 186 Å². The van der Waals surface area contributed by atoms with E-state index in [-0.39, 0.29) is 49.2 Å². The molecular formula is C63H95N3O14. The van der Waals surface area contributed by atoms with Crippen molar-refractivity contribution in [2.75, 3.05) is 54.6 Å². The van der Waals surface area contributed by atoms with Gasteiger partial charge in [0.05, 0.1) is 24.9 Å². The minimum absolute atomic E-state index is 0.0104. The normalized spacial score (nSPS) is 35.0. The molecule has 1 aromatic carbocycles. The number of allylic oxidation sites excluding steroid dienone is 6. The summed E-state index contributed by atoms with van der Waals surface area (Å²) in [6.45, 7) is 14.2. The number of hydrogen-bond donors (Lipinski definition) is 3. The lowest BCUT2D eigenvalue weighted by atomic mass is 9.78. The number of hydrogen-bond acceptors (Lipinski definition) is 15. The molecule has 1 saturated carbocycles. The summed E-state index contributed by atoms with van der Waals surface area (Å²) in [4.78, 5) is 88.0. The highest BCUT2D eigenvalue weighted by Gasteiger charge is 2.53. The van der Waals surface area contributed by atoms with E-state index < -0.39 is 102 Å². The lowest BCUT2D eigenvalue weighted by molar-refractivity contribution is -0.266. The van der Waals surface area contributed by atoms with Crippen LogP contribution in [0.25, 0.3) is 0 Å². The lowest BCUT2D eigenvalue weighted by Gasteiger charge is -2.43. The zero-order valence-electron chi connectivity index (χ0n) is 49.6. The van der Waals surface area contributed by atoms with E-state index >= 15 is 0 Å². The molecule has 2 bridgehead atoms. The van der Waals surface area contributed by atoms with Crippen LogP contribution >= 0.6 is 0 Å². The summed E-state index contributed by atoms with van der Waals surface area (Å²) >= 11 is 0. The van der Waals surface area contributed by atoms with Crippen molar-refractivity contribution >= 4 is 35.3 Å². The molecule has 1 aliphatic carbocycles. The minimum atomic E-state index is -2.48. The number of amides is 2. The Balaban J connectivity index is 1.45. The van der Waals surface area contributed by atoms with Gasteiger partial charge in [-0.3, -0.25) is 19.2 Å². The predicted octanol–water partition coefficient (Wildman–Crippen LogP) is 8.09. The van der Waals surface area contributed by atoms with E-state index in [2.05, 4.69) is 5.32 Å². The number of esters is 1. The zero-order chi connectivity index (χ0) is 58.7. The fourth-order valence-electron chi connectivity index (χ4n) is 11.7. The highest BCUT2D eigenvalue weighted by atomic mass is 16.6. The largest absolute Gasteiger partial charge is 0.460 e. The van der Waals surface area contributed by atoms with Crippen molar-refractivity contribution in [3.8, 4) is 0 Å². The van der Waals surface area contributed by atoms with Crippen molar-refractivity contribution in [2.24, 2.45) is 35.5 Å². The van der Waals surface area contributed by atoms with Gasteiger partial charge in [-0.2, -0.15) is 0 Å². The molecule has 3 aliphatic heterocycles. The van der Waals surface area contributed by atoms with Crippen LogP contribution in [0.4, 0.5) is 4.79 Å². The quantitative estimate of drug-likeness (QED) is 0.0967. The number of ketones is 3. The number of cyclic esters (lactones) is 1. The molecule has 3 heterocycles. The van der Waals surface area contributed by atoms with Gasteiger partial charge < -0.3 is 53.8 Å². The van der Waals surface area contributed by atoms with Crippen LogP contribution in [0.3, 0.4) is 0 Å². The van der Waals surface area contributed by atoms with Gasteiger partial charge in [-0.25, -0.2) is 9.59 Å². The first-order chi connectivity index (χ1) is 38.1. The van der Waals surface area contributed by atoms with Gasteiger partial charge in [0.2, 0.25) is 5.79 Å².